The average Bonchev–Trinajstić information content (AvgIpc) is 3.01. The van der Waals surface area contributed by atoms with Gasteiger partial charge in [-0.3, -0.25) is 4.99 Å². The van der Waals surface area contributed by atoms with Crippen molar-refractivity contribution >= 4 is 33.7 Å². The highest BCUT2D eigenvalue weighted by atomic mass is 32.1. The van der Waals surface area contributed by atoms with E-state index in [0.29, 0.717) is 11.6 Å². The Labute approximate surface area is 161 Å². The number of allylic oxidation sites excluding steroid dienone is 1. The van der Waals surface area contributed by atoms with Crippen LogP contribution in [0.1, 0.15) is 4.88 Å². The number of nitrogens with zero attached hydrogens (tertiary/aromatic N) is 3. The summed E-state index contributed by atoms with van der Waals surface area (Å²) in [6, 6.07) is 5.72. The number of aryl methyl sites for hydroxylation is 1. The third kappa shape index (κ3) is 3.56. The van der Waals surface area contributed by atoms with Crippen LogP contribution in [-0.4, -0.2) is 37.4 Å². The van der Waals surface area contributed by atoms with E-state index in [-0.39, 0.29) is 0 Å². The number of benzene rings is 1. The molecule has 0 spiro atoms. The number of rotatable bonds is 6. The van der Waals surface area contributed by atoms with Gasteiger partial charge < -0.3 is 20.5 Å². The lowest BCUT2D eigenvalue weighted by atomic mass is 10.0. The summed E-state index contributed by atoms with van der Waals surface area (Å²) in [7, 11) is 4.96. The van der Waals surface area contributed by atoms with Gasteiger partial charge in [-0.25, -0.2) is 9.97 Å². The minimum Gasteiger partial charge on any atom is -0.496 e. The number of aromatic nitrogens is 2. The van der Waals surface area contributed by atoms with E-state index in [1.165, 1.54) is 6.20 Å². The summed E-state index contributed by atoms with van der Waals surface area (Å²) in [4.78, 5) is 14.1. The molecule has 2 heterocycles. The van der Waals surface area contributed by atoms with Gasteiger partial charge in [0.2, 0.25) is 5.95 Å². The summed E-state index contributed by atoms with van der Waals surface area (Å²) in [5.41, 5.74) is 8.90. The topological polar surface area (TPSA) is 94.7 Å². The van der Waals surface area contributed by atoms with E-state index >= 15 is 0 Å². The monoisotopic (exact) mass is 383 g/mol. The van der Waals surface area contributed by atoms with Gasteiger partial charge in [0.05, 0.1) is 41.9 Å². The first-order valence-electron chi connectivity index (χ1n) is 8.21. The fourth-order valence-corrected chi connectivity index (χ4v) is 3.83. The van der Waals surface area contributed by atoms with E-state index in [1.807, 2.05) is 18.2 Å². The van der Waals surface area contributed by atoms with Crippen molar-refractivity contribution in [2.24, 2.45) is 10.7 Å². The maximum Gasteiger partial charge on any atom is 0.227 e. The van der Waals surface area contributed by atoms with E-state index in [2.05, 4.69) is 22.2 Å². The molecule has 3 rings (SSSR count). The average molecular weight is 383 g/mol. The second-order valence-corrected chi connectivity index (χ2v) is 6.87. The molecule has 0 saturated heterocycles. The summed E-state index contributed by atoms with van der Waals surface area (Å²) in [5, 5.41) is 3.07. The zero-order chi connectivity index (χ0) is 19.4. The lowest BCUT2D eigenvalue weighted by Gasteiger charge is -2.13. The van der Waals surface area contributed by atoms with E-state index in [1.54, 1.807) is 45.0 Å². The first-order valence-corrected chi connectivity index (χ1v) is 9.03. The van der Waals surface area contributed by atoms with E-state index in [0.717, 1.165) is 37.7 Å². The Morgan fingerprint density at radius 2 is 1.93 bits per heavy atom. The van der Waals surface area contributed by atoms with Gasteiger partial charge in [-0.2, -0.15) is 0 Å². The van der Waals surface area contributed by atoms with Crippen molar-refractivity contribution in [3.63, 3.8) is 0 Å². The number of hydrogen-bond acceptors (Lipinski definition) is 8. The van der Waals surface area contributed by atoms with E-state index < -0.39 is 0 Å². The number of fused-ring (bicyclic) bond motifs is 1. The number of aliphatic imine (C=N–C) groups is 1. The van der Waals surface area contributed by atoms with Crippen LogP contribution < -0.4 is 20.5 Å². The molecule has 0 aliphatic rings. The number of methoxy groups -OCH3 is 2. The quantitative estimate of drug-likeness (QED) is 0.632. The molecule has 1 aromatic carbocycles. The fraction of sp³-hybridized carbons (Fsp3) is 0.211. The second-order valence-electron chi connectivity index (χ2n) is 5.61. The first-order chi connectivity index (χ1) is 13.1. The molecule has 0 saturated carbocycles. The molecule has 0 aliphatic carbocycles. The van der Waals surface area contributed by atoms with E-state index in [4.69, 9.17) is 20.2 Å². The van der Waals surface area contributed by atoms with Crippen molar-refractivity contribution < 1.29 is 9.47 Å². The molecule has 0 unspecified atom stereocenters. The van der Waals surface area contributed by atoms with Gasteiger partial charge in [-0.05, 0) is 19.1 Å². The summed E-state index contributed by atoms with van der Waals surface area (Å²) < 4.78 is 12.1. The molecule has 3 aromatic rings. The summed E-state index contributed by atoms with van der Waals surface area (Å²) in [5.74, 6) is 1.89. The van der Waals surface area contributed by atoms with Gasteiger partial charge in [0.1, 0.15) is 11.5 Å². The maximum absolute atomic E-state index is 5.62. The van der Waals surface area contributed by atoms with Gasteiger partial charge >= 0.3 is 0 Å². The Kier molecular flexibility index (Phi) is 5.56. The van der Waals surface area contributed by atoms with Gasteiger partial charge in [0.15, 0.2) is 0 Å². The van der Waals surface area contributed by atoms with Crippen LogP contribution in [0.5, 0.6) is 11.5 Å². The molecule has 8 heteroatoms. The molecule has 0 amide bonds. The molecule has 27 heavy (non-hydrogen) atoms. The molecule has 0 bridgehead atoms. The molecular formula is C19H21N5O2S. The van der Waals surface area contributed by atoms with Gasteiger partial charge in [0.25, 0.3) is 0 Å². The third-order valence-corrected chi connectivity index (χ3v) is 5.02. The zero-order valence-electron chi connectivity index (χ0n) is 15.6. The molecule has 7 nitrogen and oxygen atoms in total. The number of thiophene rings is 1. The summed E-state index contributed by atoms with van der Waals surface area (Å²) in [6.07, 6.45) is 4.82. The molecule has 140 valence electrons. The summed E-state index contributed by atoms with van der Waals surface area (Å²) in [6.45, 7) is 2.05. The first kappa shape index (κ1) is 18.7. The highest BCUT2D eigenvalue weighted by Gasteiger charge is 2.21. The van der Waals surface area contributed by atoms with Crippen LogP contribution in [0.4, 0.5) is 5.95 Å². The van der Waals surface area contributed by atoms with Crippen molar-refractivity contribution in [1.82, 2.24) is 9.97 Å². The van der Waals surface area contributed by atoms with Crippen molar-refractivity contribution in [2.75, 3.05) is 26.6 Å². The molecule has 3 N–H and O–H groups in total. The van der Waals surface area contributed by atoms with Crippen LogP contribution in [0.2, 0.25) is 0 Å². The van der Waals surface area contributed by atoms with Crippen LogP contribution in [0.25, 0.3) is 21.3 Å². The minimum atomic E-state index is 0.437. The van der Waals surface area contributed by atoms with Crippen molar-refractivity contribution in [3.8, 4) is 22.6 Å². The highest BCUT2D eigenvalue weighted by molar-refractivity contribution is 7.19. The number of anilines is 1. The molecule has 0 fully saturated rings. The number of hydrogen-bond donors (Lipinski definition) is 2. The number of nitrogens with two attached hydrogens (primary N) is 1. The zero-order valence-corrected chi connectivity index (χ0v) is 16.4. The lowest BCUT2D eigenvalue weighted by molar-refractivity contribution is 0.397. The van der Waals surface area contributed by atoms with Crippen molar-refractivity contribution in [3.05, 3.63) is 41.2 Å². The van der Waals surface area contributed by atoms with Gasteiger partial charge in [0, 0.05) is 29.9 Å². The fourth-order valence-electron chi connectivity index (χ4n) is 2.84. The van der Waals surface area contributed by atoms with Crippen molar-refractivity contribution in [1.29, 1.82) is 0 Å². The molecule has 0 radical (unpaired) electrons. The molecular weight excluding hydrogens is 362 g/mol. The second kappa shape index (κ2) is 8.05. The standard InChI is InChI=1S/C19H21N5O2S/c1-11-16(17-13(25-3)6-5-7-14(17)26-4)18-15(27-11)10-22-19(24-18)23-12(8-20)9-21-2/h5-10H,20H2,1-4H3,(H,22,23,24). The van der Waals surface area contributed by atoms with Gasteiger partial charge in [-0.1, -0.05) is 6.07 Å². The molecule has 0 atom stereocenters. The lowest BCUT2D eigenvalue weighted by Crippen LogP contribution is -2.06. The van der Waals surface area contributed by atoms with Crippen LogP contribution in [0.15, 0.2) is 41.3 Å². The highest BCUT2D eigenvalue weighted by Crippen LogP contribution is 2.45. The predicted molar refractivity (Wildman–Crippen MR) is 111 cm³/mol. The Balaban J connectivity index is 2.20. The van der Waals surface area contributed by atoms with Crippen LogP contribution >= 0.6 is 11.3 Å². The van der Waals surface area contributed by atoms with Crippen LogP contribution in [0, 0.1) is 6.92 Å². The normalized spacial score (nSPS) is 11.9. The molecule has 0 aliphatic heterocycles. The Hall–Kier alpha value is -3.13. The Morgan fingerprint density at radius 1 is 1.22 bits per heavy atom. The van der Waals surface area contributed by atoms with E-state index in [9.17, 15) is 0 Å². The number of ether oxygens (including phenoxy) is 2. The Bertz CT molecular complexity index is 1000. The molecule has 2 aromatic heterocycles. The third-order valence-electron chi connectivity index (χ3n) is 3.99. The van der Waals surface area contributed by atoms with Crippen LogP contribution in [0.3, 0.4) is 0 Å². The largest absolute Gasteiger partial charge is 0.496 e. The van der Waals surface area contributed by atoms with Crippen molar-refractivity contribution in [2.45, 2.75) is 6.92 Å². The smallest absolute Gasteiger partial charge is 0.227 e. The van der Waals surface area contributed by atoms with Crippen LogP contribution in [-0.2, 0) is 0 Å². The van der Waals surface area contributed by atoms with Gasteiger partial charge in [-0.15, -0.1) is 11.3 Å². The maximum atomic E-state index is 5.62. The SMILES string of the molecule is CN=CC(=CN)Nc1ncc2sc(C)c(-c3c(OC)cccc3OC)c2n1. The minimum absolute atomic E-state index is 0.437. The predicted octanol–water partition coefficient (Wildman–Crippen LogP) is 3.60. The summed E-state index contributed by atoms with van der Waals surface area (Å²) >= 11 is 1.63. The number of nitrogens with one attached hydrogen (secondary N) is 1. The Morgan fingerprint density at radius 3 is 2.52 bits per heavy atom.